The van der Waals surface area contributed by atoms with Crippen LogP contribution in [-0.4, -0.2) is 23.0 Å². The minimum atomic E-state index is -0.0111. The monoisotopic (exact) mass is 337 g/mol. The third kappa shape index (κ3) is 4.70. The van der Waals surface area contributed by atoms with Crippen molar-refractivity contribution in [3.8, 4) is 0 Å². The average Bonchev–Trinajstić information content (AvgIpc) is 2.95. The van der Waals surface area contributed by atoms with Crippen molar-refractivity contribution in [3.05, 3.63) is 71.8 Å². The summed E-state index contributed by atoms with van der Waals surface area (Å²) in [5.74, 6) is 0.211. The smallest absolute Gasteiger partial charge is 0.225 e. The molecule has 1 aliphatic rings. The Balaban J connectivity index is 1.68. The van der Waals surface area contributed by atoms with E-state index in [-0.39, 0.29) is 18.1 Å². The van der Waals surface area contributed by atoms with Gasteiger partial charge in [0.15, 0.2) is 0 Å². The van der Waals surface area contributed by atoms with Crippen molar-refractivity contribution in [2.45, 2.75) is 57.9 Å². The first-order valence-corrected chi connectivity index (χ1v) is 9.27. The Morgan fingerprint density at radius 3 is 2.28 bits per heavy atom. The molecule has 3 nitrogen and oxygen atoms in total. The number of unbranched alkanes of at least 4 members (excludes halogenated alkanes) is 1. The number of carbonyl (C=O) groups is 1. The molecule has 2 atom stereocenters. The largest absolute Gasteiger partial charge is 0.371 e. The summed E-state index contributed by atoms with van der Waals surface area (Å²) >= 11 is 0. The van der Waals surface area contributed by atoms with Gasteiger partial charge >= 0.3 is 0 Å². The van der Waals surface area contributed by atoms with Gasteiger partial charge in [-0.2, -0.15) is 0 Å². The minimum Gasteiger partial charge on any atom is -0.371 e. The van der Waals surface area contributed by atoms with E-state index in [1.54, 1.807) is 0 Å². The Labute approximate surface area is 150 Å². The van der Waals surface area contributed by atoms with Crippen LogP contribution in [0.4, 0.5) is 0 Å². The Bertz CT molecular complexity index is 656. The Morgan fingerprint density at radius 2 is 1.64 bits per heavy atom. The van der Waals surface area contributed by atoms with Gasteiger partial charge in [-0.1, -0.05) is 80.4 Å². The number of amides is 1. The Morgan fingerprint density at radius 1 is 1.00 bits per heavy atom. The summed E-state index contributed by atoms with van der Waals surface area (Å²) < 4.78 is 6.17. The van der Waals surface area contributed by atoms with Crippen LogP contribution in [0, 0.1) is 0 Å². The van der Waals surface area contributed by atoms with E-state index in [2.05, 4.69) is 31.2 Å². The Hall–Kier alpha value is -2.13. The molecule has 1 heterocycles. The second-order valence-corrected chi connectivity index (χ2v) is 6.76. The summed E-state index contributed by atoms with van der Waals surface area (Å²) in [7, 11) is 0. The summed E-state index contributed by atoms with van der Waals surface area (Å²) in [4.78, 5) is 14.6. The van der Waals surface area contributed by atoms with E-state index >= 15 is 0 Å². The first kappa shape index (κ1) is 17.7. The van der Waals surface area contributed by atoms with Gasteiger partial charge in [-0.05, 0) is 17.5 Å². The molecule has 2 aromatic carbocycles. The van der Waals surface area contributed by atoms with Crippen LogP contribution < -0.4 is 0 Å². The lowest BCUT2D eigenvalue weighted by molar-refractivity contribution is -0.129. The molecule has 25 heavy (non-hydrogen) atoms. The number of hydrogen-bond donors (Lipinski definition) is 0. The zero-order chi connectivity index (χ0) is 17.5. The first-order valence-electron chi connectivity index (χ1n) is 9.27. The van der Waals surface area contributed by atoms with Crippen LogP contribution in [0.5, 0.6) is 0 Å². The number of carbonyl (C=O) groups excluding carboxylic acids is 1. The molecular formula is C22H27NO2. The number of benzene rings is 2. The van der Waals surface area contributed by atoms with Crippen molar-refractivity contribution < 1.29 is 9.53 Å². The van der Waals surface area contributed by atoms with E-state index in [4.69, 9.17) is 4.74 Å². The van der Waals surface area contributed by atoms with E-state index in [0.29, 0.717) is 19.6 Å². The lowest BCUT2D eigenvalue weighted by atomic mass is 10.0. The molecule has 0 aromatic heterocycles. The van der Waals surface area contributed by atoms with Crippen molar-refractivity contribution in [3.63, 3.8) is 0 Å². The van der Waals surface area contributed by atoms with Crippen LogP contribution in [0.1, 0.15) is 43.7 Å². The number of nitrogens with zero attached hydrogens (tertiary/aromatic N) is 1. The molecule has 0 radical (unpaired) electrons. The highest BCUT2D eigenvalue weighted by atomic mass is 16.5. The molecule has 0 unspecified atom stereocenters. The molecule has 3 rings (SSSR count). The SMILES string of the molecule is CCCC[C@@H]1[C@@H](OCc2ccccc2)CC(=O)N1Cc1ccccc1. The van der Waals surface area contributed by atoms with Crippen molar-refractivity contribution in [2.75, 3.05) is 0 Å². The zero-order valence-corrected chi connectivity index (χ0v) is 14.9. The summed E-state index contributed by atoms with van der Waals surface area (Å²) in [5, 5.41) is 0. The van der Waals surface area contributed by atoms with E-state index in [1.807, 2.05) is 41.3 Å². The highest BCUT2D eigenvalue weighted by molar-refractivity contribution is 5.79. The molecule has 3 heteroatoms. The van der Waals surface area contributed by atoms with Crippen molar-refractivity contribution in [1.29, 1.82) is 0 Å². The third-order valence-electron chi connectivity index (χ3n) is 4.88. The lowest BCUT2D eigenvalue weighted by Crippen LogP contribution is -2.37. The lowest BCUT2D eigenvalue weighted by Gasteiger charge is -2.28. The maximum Gasteiger partial charge on any atom is 0.225 e. The van der Waals surface area contributed by atoms with Crippen LogP contribution in [0.3, 0.4) is 0 Å². The average molecular weight is 337 g/mol. The molecule has 0 saturated carbocycles. The van der Waals surface area contributed by atoms with Gasteiger partial charge in [-0.15, -0.1) is 0 Å². The quantitative estimate of drug-likeness (QED) is 0.706. The number of likely N-dealkylation sites (tertiary alicyclic amines) is 1. The molecular weight excluding hydrogens is 310 g/mol. The molecule has 0 aliphatic carbocycles. The van der Waals surface area contributed by atoms with Crippen LogP contribution in [0.15, 0.2) is 60.7 Å². The number of hydrogen-bond acceptors (Lipinski definition) is 2. The van der Waals surface area contributed by atoms with Crippen LogP contribution >= 0.6 is 0 Å². The first-order chi connectivity index (χ1) is 12.3. The van der Waals surface area contributed by atoms with Gasteiger partial charge in [-0.25, -0.2) is 0 Å². The van der Waals surface area contributed by atoms with Gasteiger partial charge in [0.25, 0.3) is 0 Å². The standard InChI is InChI=1S/C22H27NO2/c1-2-3-14-20-21(25-17-19-12-8-5-9-13-19)15-22(24)23(20)16-18-10-6-4-7-11-18/h4-13,20-21H,2-3,14-17H2,1H3/t20-,21+/m1/s1. The molecule has 1 fully saturated rings. The molecule has 0 bridgehead atoms. The second kappa shape index (κ2) is 8.82. The van der Waals surface area contributed by atoms with Crippen molar-refractivity contribution in [1.82, 2.24) is 4.90 Å². The maximum atomic E-state index is 12.6. The Kier molecular flexibility index (Phi) is 6.24. The highest BCUT2D eigenvalue weighted by Crippen LogP contribution is 2.29. The van der Waals surface area contributed by atoms with Crippen molar-refractivity contribution in [2.24, 2.45) is 0 Å². The van der Waals surface area contributed by atoms with E-state index < -0.39 is 0 Å². The summed E-state index contributed by atoms with van der Waals surface area (Å²) in [6, 6.07) is 20.6. The number of ether oxygens (including phenoxy) is 1. The second-order valence-electron chi connectivity index (χ2n) is 6.76. The summed E-state index contributed by atoms with van der Waals surface area (Å²) in [5.41, 5.74) is 2.34. The fraction of sp³-hybridized carbons (Fsp3) is 0.409. The third-order valence-corrected chi connectivity index (χ3v) is 4.88. The summed E-state index contributed by atoms with van der Waals surface area (Å²) in [6.45, 7) is 3.44. The zero-order valence-electron chi connectivity index (χ0n) is 14.9. The van der Waals surface area contributed by atoms with Gasteiger partial charge in [-0.3, -0.25) is 4.79 Å². The fourth-order valence-corrected chi connectivity index (χ4v) is 3.50. The molecule has 1 saturated heterocycles. The van der Waals surface area contributed by atoms with Crippen LogP contribution in [0.25, 0.3) is 0 Å². The molecule has 1 aliphatic heterocycles. The minimum absolute atomic E-state index is 0.0111. The van der Waals surface area contributed by atoms with E-state index in [0.717, 1.165) is 24.8 Å². The highest BCUT2D eigenvalue weighted by Gasteiger charge is 2.39. The van der Waals surface area contributed by atoms with Gasteiger partial charge in [0.05, 0.1) is 25.2 Å². The van der Waals surface area contributed by atoms with Gasteiger partial charge < -0.3 is 9.64 Å². The topological polar surface area (TPSA) is 29.5 Å². The number of rotatable bonds is 8. The van der Waals surface area contributed by atoms with Crippen molar-refractivity contribution >= 4 is 5.91 Å². The van der Waals surface area contributed by atoms with E-state index in [9.17, 15) is 4.79 Å². The van der Waals surface area contributed by atoms with Gasteiger partial charge in [0.2, 0.25) is 5.91 Å². The molecule has 1 amide bonds. The van der Waals surface area contributed by atoms with Crippen LogP contribution in [0.2, 0.25) is 0 Å². The van der Waals surface area contributed by atoms with Gasteiger partial charge in [0, 0.05) is 6.54 Å². The predicted molar refractivity (Wildman–Crippen MR) is 99.9 cm³/mol. The molecule has 0 spiro atoms. The normalized spacial score (nSPS) is 20.2. The van der Waals surface area contributed by atoms with Crippen LogP contribution in [-0.2, 0) is 22.7 Å². The summed E-state index contributed by atoms with van der Waals surface area (Å²) in [6.07, 6.45) is 3.75. The van der Waals surface area contributed by atoms with Gasteiger partial charge in [0.1, 0.15) is 0 Å². The fourth-order valence-electron chi connectivity index (χ4n) is 3.50. The van der Waals surface area contributed by atoms with E-state index in [1.165, 1.54) is 5.56 Å². The molecule has 2 aromatic rings. The predicted octanol–water partition coefficient (Wildman–Crippen LogP) is 4.56. The molecule has 132 valence electrons. The maximum absolute atomic E-state index is 12.6. The molecule has 0 N–H and O–H groups in total.